The highest BCUT2D eigenvalue weighted by molar-refractivity contribution is 7.47. The molecule has 66 heavy (non-hydrogen) atoms. The number of hydrogen-bond acceptors (Lipinski definition) is 6. The molecule has 0 saturated heterocycles. The summed E-state index contributed by atoms with van der Waals surface area (Å²) in [5.41, 5.74) is 0. The van der Waals surface area contributed by atoms with E-state index in [4.69, 9.17) is 18.5 Å². The van der Waals surface area contributed by atoms with E-state index in [9.17, 15) is 14.3 Å². The number of allylic oxidation sites excluding steroid dienone is 10. The van der Waals surface area contributed by atoms with Crippen LogP contribution in [0, 0.1) is 0 Å². The van der Waals surface area contributed by atoms with Crippen molar-refractivity contribution >= 4 is 13.8 Å². The molecule has 2 atom stereocenters. The van der Waals surface area contributed by atoms with Crippen molar-refractivity contribution < 1.29 is 37.3 Å². The topological polar surface area (TPSA) is 91.3 Å². The third-order valence-corrected chi connectivity index (χ3v) is 12.8. The number of esters is 1. The SMILES string of the molecule is CC/C=C\C/C=C\C/C=C\C/C=C\C/C=C\CCCCCCCCCC(=O)OC(COCCCCCCCCCCCCCCCCCCCCCCC)COP(=O)(O)OCC[N+](C)(C)C. The molecule has 0 aliphatic heterocycles. The number of nitrogens with zero attached hydrogens (tertiary/aromatic N) is 1. The average molecular weight is 949 g/mol. The quantitative estimate of drug-likeness (QED) is 0.0213. The van der Waals surface area contributed by atoms with Crippen LogP contribution >= 0.6 is 7.82 Å². The molecule has 8 nitrogen and oxygen atoms in total. The lowest BCUT2D eigenvalue weighted by Crippen LogP contribution is -2.37. The van der Waals surface area contributed by atoms with Gasteiger partial charge in [0.1, 0.15) is 19.3 Å². The van der Waals surface area contributed by atoms with Crippen LogP contribution < -0.4 is 0 Å². The molecule has 0 aromatic heterocycles. The molecule has 0 heterocycles. The molecule has 1 N–H and O–H groups in total. The van der Waals surface area contributed by atoms with Crippen LogP contribution in [0.3, 0.4) is 0 Å². The largest absolute Gasteiger partial charge is 0.472 e. The predicted molar refractivity (Wildman–Crippen MR) is 284 cm³/mol. The summed E-state index contributed by atoms with van der Waals surface area (Å²) >= 11 is 0. The van der Waals surface area contributed by atoms with Gasteiger partial charge in [-0.2, -0.15) is 0 Å². The van der Waals surface area contributed by atoms with Gasteiger partial charge in [-0.25, -0.2) is 4.57 Å². The van der Waals surface area contributed by atoms with Gasteiger partial charge in [0.2, 0.25) is 0 Å². The summed E-state index contributed by atoms with van der Waals surface area (Å²) in [5.74, 6) is -0.322. The highest BCUT2D eigenvalue weighted by Crippen LogP contribution is 2.43. The van der Waals surface area contributed by atoms with E-state index in [1.54, 1.807) is 0 Å². The Morgan fingerprint density at radius 1 is 0.485 bits per heavy atom. The summed E-state index contributed by atoms with van der Waals surface area (Å²) in [6, 6.07) is 0. The summed E-state index contributed by atoms with van der Waals surface area (Å²) in [6.45, 7) is 5.53. The Labute approximate surface area is 409 Å². The molecular formula is C57H107NO7P+. The fourth-order valence-electron chi connectivity index (χ4n) is 7.64. The molecule has 0 spiro atoms. The second-order valence-corrected chi connectivity index (χ2v) is 21.0. The minimum Gasteiger partial charge on any atom is -0.457 e. The van der Waals surface area contributed by atoms with E-state index in [-0.39, 0.29) is 25.8 Å². The van der Waals surface area contributed by atoms with Crippen LogP contribution in [0.25, 0.3) is 0 Å². The first-order valence-corrected chi connectivity index (χ1v) is 29.0. The van der Waals surface area contributed by atoms with Gasteiger partial charge < -0.3 is 18.9 Å². The molecule has 0 aromatic carbocycles. The number of ether oxygens (including phenoxy) is 2. The van der Waals surface area contributed by atoms with Crippen LogP contribution in [0.15, 0.2) is 60.8 Å². The van der Waals surface area contributed by atoms with Gasteiger partial charge in [-0.05, 0) is 57.8 Å². The molecule has 0 rings (SSSR count). The number of hydrogen-bond donors (Lipinski definition) is 1. The van der Waals surface area contributed by atoms with Crippen molar-refractivity contribution in [3.05, 3.63) is 60.8 Å². The highest BCUT2D eigenvalue weighted by Gasteiger charge is 2.26. The van der Waals surface area contributed by atoms with Gasteiger partial charge >= 0.3 is 13.8 Å². The monoisotopic (exact) mass is 949 g/mol. The molecule has 0 aliphatic rings. The van der Waals surface area contributed by atoms with Gasteiger partial charge in [-0.1, -0.05) is 235 Å². The fourth-order valence-corrected chi connectivity index (χ4v) is 8.38. The number of phosphoric acid groups is 1. The minimum absolute atomic E-state index is 0.0853. The predicted octanol–water partition coefficient (Wildman–Crippen LogP) is 17.2. The number of likely N-dealkylation sites (N-methyl/N-ethyl adjacent to an activating group) is 1. The minimum atomic E-state index is -4.29. The van der Waals surface area contributed by atoms with Crippen molar-refractivity contribution in [1.29, 1.82) is 0 Å². The van der Waals surface area contributed by atoms with Gasteiger partial charge in [0, 0.05) is 13.0 Å². The molecule has 0 radical (unpaired) electrons. The number of unbranched alkanes of at least 4 members (excludes halogenated alkanes) is 27. The van der Waals surface area contributed by atoms with E-state index in [2.05, 4.69) is 74.6 Å². The molecule has 0 amide bonds. The number of phosphoric ester groups is 1. The summed E-state index contributed by atoms with van der Waals surface area (Å²) in [4.78, 5) is 23.1. The van der Waals surface area contributed by atoms with Gasteiger partial charge in [0.05, 0.1) is 34.4 Å². The number of rotatable bonds is 51. The summed E-state index contributed by atoms with van der Waals surface area (Å²) in [5, 5.41) is 0. The van der Waals surface area contributed by atoms with Crippen LogP contribution in [-0.2, 0) is 27.9 Å². The van der Waals surface area contributed by atoms with Gasteiger partial charge in [-0.15, -0.1) is 0 Å². The average Bonchev–Trinajstić information content (AvgIpc) is 3.28. The second-order valence-electron chi connectivity index (χ2n) is 19.6. The van der Waals surface area contributed by atoms with Crippen molar-refractivity contribution in [2.24, 2.45) is 0 Å². The highest BCUT2D eigenvalue weighted by atomic mass is 31.2. The Hall–Kier alpha value is -1.80. The Morgan fingerprint density at radius 3 is 1.32 bits per heavy atom. The van der Waals surface area contributed by atoms with Crippen LogP contribution in [0.5, 0.6) is 0 Å². The Balaban J connectivity index is 4.12. The Kier molecular flexibility index (Phi) is 48.3. The van der Waals surface area contributed by atoms with Crippen molar-refractivity contribution in [3.63, 3.8) is 0 Å². The maximum Gasteiger partial charge on any atom is 0.472 e. The van der Waals surface area contributed by atoms with Crippen LogP contribution in [0.2, 0.25) is 0 Å². The normalized spacial score (nSPS) is 14.0. The van der Waals surface area contributed by atoms with Gasteiger partial charge in [0.15, 0.2) is 0 Å². The molecule has 2 unspecified atom stereocenters. The molecule has 0 bridgehead atoms. The summed E-state index contributed by atoms with van der Waals surface area (Å²) in [6.07, 6.45) is 64.2. The third-order valence-electron chi connectivity index (χ3n) is 11.8. The molecule has 386 valence electrons. The van der Waals surface area contributed by atoms with Gasteiger partial charge in [0.25, 0.3) is 0 Å². The van der Waals surface area contributed by atoms with E-state index < -0.39 is 13.9 Å². The Bertz CT molecular complexity index is 1240. The van der Waals surface area contributed by atoms with E-state index in [1.165, 1.54) is 148 Å². The van der Waals surface area contributed by atoms with Gasteiger partial charge in [-0.3, -0.25) is 13.8 Å². The third kappa shape index (κ3) is 53.2. The number of carbonyl (C=O) groups is 1. The molecule has 0 aliphatic carbocycles. The first kappa shape index (κ1) is 64.2. The summed E-state index contributed by atoms with van der Waals surface area (Å²) < 4.78 is 35.2. The lowest BCUT2D eigenvalue weighted by molar-refractivity contribution is -0.870. The maximum atomic E-state index is 12.8. The lowest BCUT2D eigenvalue weighted by atomic mass is 10.0. The molecular weight excluding hydrogens is 842 g/mol. The molecule has 0 saturated carbocycles. The van der Waals surface area contributed by atoms with Crippen LogP contribution in [0.4, 0.5) is 0 Å². The number of carbonyl (C=O) groups excluding carboxylic acids is 1. The van der Waals surface area contributed by atoms with Crippen molar-refractivity contribution in [2.75, 3.05) is 54.1 Å². The zero-order valence-corrected chi connectivity index (χ0v) is 44.8. The van der Waals surface area contributed by atoms with E-state index in [0.29, 0.717) is 24.1 Å². The maximum absolute atomic E-state index is 12.8. The molecule has 0 fully saturated rings. The van der Waals surface area contributed by atoms with E-state index in [1.807, 2.05) is 21.1 Å². The van der Waals surface area contributed by atoms with Crippen LogP contribution in [0.1, 0.15) is 239 Å². The van der Waals surface area contributed by atoms with Crippen molar-refractivity contribution in [1.82, 2.24) is 0 Å². The molecule has 0 aromatic rings. The first-order valence-electron chi connectivity index (χ1n) is 27.5. The standard InChI is InChI=1S/C57H106NO7P/c1-6-8-10-12-14-16-18-20-22-24-26-28-29-30-32-34-36-38-40-42-44-46-48-50-57(59)65-56(55-64-66(60,61)63-53-51-58(3,4)5)54-62-52-49-47-45-43-41-39-37-35-33-31-27-25-23-21-19-17-15-13-11-9-7-2/h8,10,14,16,20,22,26,28,30,32,56H,6-7,9,11-13,15,17-19,21,23-25,27,29,31,33-55H2,1-5H3/p+1/b10-8-,16-14-,22-20-,28-26-,32-30-. The van der Waals surface area contributed by atoms with E-state index in [0.717, 1.165) is 70.6 Å². The smallest absolute Gasteiger partial charge is 0.457 e. The molecule has 9 heteroatoms. The lowest BCUT2D eigenvalue weighted by Gasteiger charge is -2.24. The van der Waals surface area contributed by atoms with Crippen LogP contribution in [-0.4, -0.2) is 75.6 Å². The van der Waals surface area contributed by atoms with Crippen molar-refractivity contribution in [2.45, 2.75) is 245 Å². The second kappa shape index (κ2) is 49.6. The number of quaternary nitrogens is 1. The zero-order valence-electron chi connectivity index (χ0n) is 43.9. The Morgan fingerprint density at radius 2 is 0.879 bits per heavy atom. The van der Waals surface area contributed by atoms with Crippen molar-refractivity contribution in [3.8, 4) is 0 Å². The van der Waals surface area contributed by atoms with E-state index >= 15 is 0 Å². The summed E-state index contributed by atoms with van der Waals surface area (Å²) in [7, 11) is 1.66. The fraction of sp³-hybridized carbons (Fsp3) is 0.807. The zero-order chi connectivity index (χ0) is 48.3. The first-order chi connectivity index (χ1) is 32.1.